The zero-order valence-electron chi connectivity index (χ0n) is 10.1. The van der Waals surface area contributed by atoms with Crippen LogP contribution in [0, 0.1) is 11.3 Å². The van der Waals surface area contributed by atoms with Crippen LogP contribution in [0.3, 0.4) is 0 Å². The van der Waals surface area contributed by atoms with Crippen LogP contribution in [0.2, 0.25) is 0 Å². The maximum Gasteiger partial charge on any atom is 0.0546 e. The van der Waals surface area contributed by atoms with Gasteiger partial charge >= 0.3 is 0 Å². The van der Waals surface area contributed by atoms with Crippen LogP contribution in [0.4, 0.5) is 0 Å². The fraction of sp³-hybridized carbons (Fsp3) is 1.00. The van der Waals surface area contributed by atoms with Gasteiger partial charge in [0, 0.05) is 18.6 Å². The highest BCUT2D eigenvalue weighted by Gasteiger charge is 2.32. The minimum Gasteiger partial charge on any atom is -0.396 e. The standard InChI is InChI=1S/C13H25NO2/c15-10-13(4-2-1-3-5-13)9-14-8-11-6-12(16)7-11/h11-12,14-16H,1-10H2. The van der Waals surface area contributed by atoms with Crippen molar-refractivity contribution < 1.29 is 10.2 Å². The third-order valence-corrected chi connectivity index (χ3v) is 4.39. The molecule has 0 spiro atoms. The van der Waals surface area contributed by atoms with Gasteiger partial charge in [0.15, 0.2) is 0 Å². The molecule has 2 rings (SSSR count). The number of rotatable bonds is 5. The van der Waals surface area contributed by atoms with E-state index in [1.54, 1.807) is 0 Å². The van der Waals surface area contributed by atoms with Crippen molar-refractivity contribution in [3.8, 4) is 0 Å². The molecule has 0 heterocycles. The van der Waals surface area contributed by atoms with Crippen molar-refractivity contribution in [2.24, 2.45) is 11.3 Å². The first-order chi connectivity index (χ1) is 7.74. The smallest absolute Gasteiger partial charge is 0.0546 e. The first-order valence-corrected chi connectivity index (χ1v) is 6.74. The molecule has 0 radical (unpaired) electrons. The van der Waals surface area contributed by atoms with Gasteiger partial charge in [-0.25, -0.2) is 0 Å². The van der Waals surface area contributed by atoms with Crippen LogP contribution in [0.15, 0.2) is 0 Å². The minimum atomic E-state index is -0.0479. The van der Waals surface area contributed by atoms with E-state index in [4.69, 9.17) is 0 Å². The van der Waals surface area contributed by atoms with Gasteiger partial charge in [0.1, 0.15) is 0 Å². The maximum absolute atomic E-state index is 9.54. The Morgan fingerprint density at radius 3 is 2.38 bits per heavy atom. The summed E-state index contributed by atoms with van der Waals surface area (Å²) >= 11 is 0. The van der Waals surface area contributed by atoms with E-state index >= 15 is 0 Å². The molecule has 0 amide bonds. The average Bonchev–Trinajstić information content (AvgIpc) is 2.28. The Kier molecular flexibility index (Phi) is 4.22. The Morgan fingerprint density at radius 1 is 1.12 bits per heavy atom. The highest BCUT2D eigenvalue weighted by atomic mass is 16.3. The quantitative estimate of drug-likeness (QED) is 0.663. The Labute approximate surface area is 98.2 Å². The van der Waals surface area contributed by atoms with Gasteiger partial charge in [-0.3, -0.25) is 0 Å². The lowest BCUT2D eigenvalue weighted by Gasteiger charge is -2.37. The molecule has 2 aliphatic rings. The molecule has 0 saturated heterocycles. The second-order valence-electron chi connectivity index (χ2n) is 5.84. The molecule has 3 N–H and O–H groups in total. The molecular weight excluding hydrogens is 202 g/mol. The summed E-state index contributed by atoms with van der Waals surface area (Å²) in [6, 6.07) is 0. The van der Waals surface area contributed by atoms with Crippen molar-refractivity contribution >= 4 is 0 Å². The largest absolute Gasteiger partial charge is 0.396 e. The molecule has 2 aliphatic carbocycles. The molecule has 0 aromatic carbocycles. The maximum atomic E-state index is 9.54. The van der Waals surface area contributed by atoms with E-state index in [-0.39, 0.29) is 11.5 Å². The van der Waals surface area contributed by atoms with E-state index in [1.807, 2.05) is 0 Å². The molecule has 0 bridgehead atoms. The summed E-state index contributed by atoms with van der Waals surface area (Å²) in [7, 11) is 0. The molecule has 0 unspecified atom stereocenters. The normalized spacial score (nSPS) is 33.4. The Balaban J connectivity index is 1.66. The molecule has 0 aromatic heterocycles. The van der Waals surface area contributed by atoms with E-state index in [2.05, 4.69) is 5.32 Å². The molecule has 0 aromatic rings. The van der Waals surface area contributed by atoms with Crippen molar-refractivity contribution in [1.82, 2.24) is 5.32 Å². The van der Waals surface area contributed by atoms with Crippen molar-refractivity contribution in [2.45, 2.75) is 51.0 Å². The predicted molar refractivity (Wildman–Crippen MR) is 64.2 cm³/mol. The van der Waals surface area contributed by atoms with Gasteiger partial charge in [-0.15, -0.1) is 0 Å². The van der Waals surface area contributed by atoms with Gasteiger partial charge in [-0.1, -0.05) is 19.3 Å². The van der Waals surface area contributed by atoms with Gasteiger partial charge in [0.25, 0.3) is 0 Å². The van der Waals surface area contributed by atoms with Crippen LogP contribution >= 0.6 is 0 Å². The van der Waals surface area contributed by atoms with Crippen LogP contribution in [0.1, 0.15) is 44.9 Å². The lowest BCUT2D eigenvalue weighted by molar-refractivity contribution is 0.0368. The Morgan fingerprint density at radius 2 is 1.81 bits per heavy atom. The van der Waals surface area contributed by atoms with Crippen molar-refractivity contribution in [3.63, 3.8) is 0 Å². The lowest BCUT2D eigenvalue weighted by Crippen LogP contribution is -2.43. The van der Waals surface area contributed by atoms with Gasteiger partial charge in [-0.05, 0) is 38.1 Å². The summed E-state index contributed by atoms with van der Waals surface area (Å²) in [6.45, 7) is 2.29. The van der Waals surface area contributed by atoms with E-state index in [9.17, 15) is 10.2 Å². The van der Waals surface area contributed by atoms with Crippen LogP contribution < -0.4 is 5.32 Å². The minimum absolute atomic E-state index is 0.0479. The summed E-state index contributed by atoms with van der Waals surface area (Å²) in [6.07, 6.45) is 8.07. The third-order valence-electron chi connectivity index (χ3n) is 4.39. The van der Waals surface area contributed by atoms with Crippen LogP contribution in [0.25, 0.3) is 0 Å². The molecule has 3 nitrogen and oxygen atoms in total. The van der Waals surface area contributed by atoms with E-state index in [0.29, 0.717) is 12.5 Å². The SMILES string of the molecule is OCC1(CNCC2CC(O)C2)CCCCC1. The van der Waals surface area contributed by atoms with E-state index < -0.39 is 0 Å². The molecule has 3 heteroatoms. The summed E-state index contributed by atoms with van der Waals surface area (Å²) < 4.78 is 0. The lowest BCUT2D eigenvalue weighted by atomic mass is 9.74. The van der Waals surface area contributed by atoms with E-state index in [0.717, 1.165) is 25.9 Å². The molecular formula is C13H25NO2. The molecule has 2 fully saturated rings. The predicted octanol–water partition coefficient (Wildman–Crippen LogP) is 1.29. The number of hydrogen-bond donors (Lipinski definition) is 3. The monoisotopic (exact) mass is 227 g/mol. The zero-order chi connectivity index (χ0) is 11.4. The molecule has 0 atom stereocenters. The number of hydrogen-bond acceptors (Lipinski definition) is 3. The second kappa shape index (κ2) is 5.48. The third kappa shape index (κ3) is 2.96. The topological polar surface area (TPSA) is 52.5 Å². The summed E-state index contributed by atoms with van der Waals surface area (Å²) in [5.41, 5.74) is 0.153. The summed E-state index contributed by atoms with van der Waals surface area (Å²) in [4.78, 5) is 0. The summed E-state index contributed by atoms with van der Waals surface area (Å²) in [5.74, 6) is 0.661. The van der Waals surface area contributed by atoms with E-state index in [1.165, 1.54) is 32.1 Å². The number of aliphatic hydroxyl groups excluding tert-OH is 2. The van der Waals surface area contributed by atoms with Crippen LogP contribution in [-0.2, 0) is 0 Å². The van der Waals surface area contributed by atoms with Crippen molar-refractivity contribution in [3.05, 3.63) is 0 Å². The fourth-order valence-electron chi connectivity index (χ4n) is 3.10. The van der Waals surface area contributed by atoms with Gasteiger partial charge < -0.3 is 15.5 Å². The first kappa shape index (κ1) is 12.3. The van der Waals surface area contributed by atoms with Gasteiger partial charge in [0.05, 0.1) is 6.10 Å². The van der Waals surface area contributed by atoms with Crippen LogP contribution in [-0.4, -0.2) is 36.0 Å². The molecule has 0 aliphatic heterocycles. The highest BCUT2D eigenvalue weighted by Crippen LogP contribution is 2.35. The van der Waals surface area contributed by atoms with Gasteiger partial charge in [-0.2, -0.15) is 0 Å². The Hall–Kier alpha value is -0.120. The zero-order valence-corrected chi connectivity index (χ0v) is 10.1. The molecule has 2 saturated carbocycles. The van der Waals surface area contributed by atoms with Crippen LogP contribution in [0.5, 0.6) is 0 Å². The summed E-state index contributed by atoms with van der Waals surface area (Å²) in [5, 5.41) is 22.2. The van der Waals surface area contributed by atoms with Gasteiger partial charge in [0.2, 0.25) is 0 Å². The van der Waals surface area contributed by atoms with Crippen molar-refractivity contribution in [2.75, 3.05) is 19.7 Å². The highest BCUT2D eigenvalue weighted by molar-refractivity contribution is 4.86. The number of nitrogens with one attached hydrogen (secondary N) is 1. The first-order valence-electron chi connectivity index (χ1n) is 6.74. The number of aliphatic hydroxyl groups is 2. The second-order valence-corrected chi connectivity index (χ2v) is 5.84. The molecule has 16 heavy (non-hydrogen) atoms. The fourth-order valence-corrected chi connectivity index (χ4v) is 3.10. The van der Waals surface area contributed by atoms with Crippen molar-refractivity contribution in [1.29, 1.82) is 0 Å². The Bertz CT molecular complexity index is 208. The molecule has 94 valence electrons. The average molecular weight is 227 g/mol.